The molecule has 0 spiro atoms. The fraction of sp³-hybridized carbons (Fsp3) is 0.304. The van der Waals surface area contributed by atoms with Crippen LogP contribution in [0.25, 0.3) is 17.1 Å². The highest BCUT2D eigenvalue weighted by Gasteiger charge is 2.35. The molecule has 8 heteroatoms. The van der Waals surface area contributed by atoms with Gasteiger partial charge in [0.15, 0.2) is 11.0 Å². The highest BCUT2D eigenvalue weighted by atomic mass is 35.5. The molecule has 3 aromatic rings. The average Bonchev–Trinajstić information content (AvgIpc) is 3.41. The van der Waals surface area contributed by atoms with Crippen LogP contribution in [0.15, 0.2) is 53.7 Å². The van der Waals surface area contributed by atoms with Crippen LogP contribution in [0.2, 0.25) is 5.02 Å². The molecule has 1 N–H and O–H groups in total. The first-order valence-corrected chi connectivity index (χ1v) is 11.5. The van der Waals surface area contributed by atoms with Gasteiger partial charge in [-0.15, -0.1) is 10.2 Å². The summed E-state index contributed by atoms with van der Waals surface area (Å²) in [6.07, 6.45) is 3.34. The lowest BCUT2D eigenvalue weighted by molar-refractivity contribution is -0.119. The summed E-state index contributed by atoms with van der Waals surface area (Å²) in [6, 6.07) is 17.8. The second-order valence-electron chi connectivity index (χ2n) is 7.72. The normalized spacial score (nSPS) is 14.9. The zero-order valence-electron chi connectivity index (χ0n) is 17.1. The summed E-state index contributed by atoms with van der Waals surface area (Å²) in [5, 5.41) is 22.4. The summed E-state index contributed by atoms with van der Waals surface area (Å²) in [5.74, 6) is 0.675. The number of rotatable bonds is 6. The van der Waals surface area contributed by atoms with Crippen molar-refractivity contribution < 1.29 is 4.79 Å². The van der Waals surface area contributed by atoms with E-state index in [-0.39, 0.29) is 11.7 Å². The van der Waals surface area contributed by atoms with Crippen molar-refractivity contribution in [3.05, 3.63) is 59.1 Å². The molecule has 158 valence electrons. The molecule has 4 rings (SSSR count). The van der Waals surface area contributed by atoms with E-state index in [2.05, 4.69) is 21.6 Å². The number of halogens is 1. The quantitative estimate of drug-likeness (QED) is 0.536. The van der Waals surface area contributed by atoms with Gasteiger partial charge in [-0.25, -0.2) is 0 Å². The van der Waals surface area contributed by atoms with Gasteiger partial charge in [0, 0.05) is 16.3 Å². The first kappa shape index (κ1) is 21.4. The van der Waals surface area contributed by atoms with Gasteiger partial charge in [-0.1, -0.05) is 53.2 Å². The Morgan fingerprint density at radius 2 is 1.84 bits per heavy atom. The third-order valence-electron chi connectivity index (χ3n) is 5.41. The van der Waals surface area contributed by atoms with E-state index in [1.807, 2.05) is 60.0 Å². The second-order valence-corrected chi connectivity index (χ2v) is 9.10. The first-order chi connectivity index (χ1) is 15.0. The summed E-state index contributed by atoms with van der Waals surface area (Å²) < 4.78 is 1.93. The molecule has 1 aliphatic rings. The minimum atomic E-state index is -0.728. The maximum atomic E-state index is 12.6. The van der Waals surface area contributed by atoms with Gasteiger partial charge in [0.2, 0.25) is 5.91 Å². The van der Waals surface area contributed by atoms with Gasteiger partial charge in [-0.05, 0) is 56.9 Å². The molecule has 1 aromatic heterocycles. The molecule has 1 fully saturated rings. The lowest BCUT2D eigenvalue weighted by Gasteiger charge is -2.21. The molecule has 0 atom stereocenters. The smallest absolute Gasteiger partial charge is 0.231 e. The van der Waals surface area contributed by atoms with Crippen molar-refractivity contribution >= 4 is 29.3 Å². The molecule has 1 saturated carbocycles. The largest absolute Gasteiger partial charge is 0.337 e. The summed E-state index contributed by atoms with van der Waals surface area (Å²) in [6.45, 7) is 2.03. The summed E-state index contributed by atoms with van der Waals surface area (Å²) >= 11 is 7.37. The zero-order chi connectivity index (χ0) is 21.8. The lowest BCUT2D eigenvalue weighted by atomic mass is 10.0. The molecular formula is C23H22ClN5OS. The topological polar surface area (TPSA) is 83.6 Å². The van der Waals surface area contributed by atoms with Gasteiger partial charge in [-0.2, -0.15) is 5.26 Å². The van der Waals surface area contributed by atoms with Gasteiger partial charge in [0.05, 0.1) is 11.8 Å². The van der Waals surface area contributed by atoms with Crippen molar-refractivity contribution in [2.45, 2.75) is 43.3 Å². The lowest BCUT2D eigenvalue weighted by Crippen LogP contribution is -2.45. The molecule has 2 aromatic carbocycles. The van der Waals surface area contributed by atoms with E-state index in [4.69, 9.17) is 11.6 Å². The van der Waals surface area contributed by atoms with E-state index in [1.54, 1.807) is 0 Å². The zero-order valence-corrected chi connectivity index (χ0v) is 18.7. The van der Waals surface area contributed by atoms with Crippen LogP contribution in [0.1, 0.15) is 31.2 Å². The number of hydrogen-bond acceptors (Lipinski definition) is 5. The Kier molecular flexibility index (Phi) is 6.30. The summed E-state index contributed by atoms with van der Waals surface area (Å²) in [4.78, 5) is 12.6. The Morgan fingerprint density at radius 3 is 2.48 bits per heavy atom. The highest BCUT2D eigenvalue weighted by molar-refractivity contribution is 7.99. The Bertz CT molecular complexity index is 1110. The maximum absolute atomic E-state index is 12.6. The molecule has 0 saturated heterocycles. The van der Waals surface area contributed by atoms with Crippen LogP contribution in [0, 0.1) is 18.3 Å². The van der Waals surface area contributed by atoms with E-state index in [0.29, 0.717) is 28.8 Å². The Balaban J connectivity index is 1.60. The molecule has 1 amide bonds. The average molecular weight is 452 g/mol. The minimum Gasteiger partial charge on any atom is -0.337 e. The fourth-order valence-corrected chi connectivity index (χ4v) is 4.63. The minimum absolute atomic E-state index is 0.156. The Morgan fingerprint density at radius 1 is 1.16 bits per heavy atom. The first-order valence-electron chi connectivity index (χ1n) is 10.1. The van der Waals surface area contributed by atoms with E-state index in [0.717, 1.165) is 29.7 Å². The Hall–Kier alpha value is -2.82. The SMILES string of the molecule is Cc1ccc(-c2nnc(SCC(=O)NC3(C#N)CCCC3)n2-c2ccc(Cl)cc2)cc1. The molecule has 0 unspecified atom stereocenters. The van der Waals surface area contributed by atoms with Gasteiger partial charge in [-0.3, -0.25) is 9.36 Å². The van der Waals surface area contributed by atoms with E-state index >= 15 is 0 Å². The number of nitrogens with one attached hydrogen (secondary N) is 1. The molecule has 6 nitrogen and oxygen atoms in total. The van der Waals surface area contributed by atoms with Crippen molar-refractivity contribution in [1.82, 2.24) is 20.1 Å². The number of carbonyl (C=O) groups is 1. The van der Waals surface area contributed by atoms with Crippen molar-refractivity contribution in [2.75, 3.05) is 5.75 Å². The van der Waals surface area contributed by atoms with Gasteiger partial charge in [0.1, 0.15) is 5.54 Å². The Labute approximate surface area is 190 Å². The fourth-order valence-electron chi connectivity index (χ4n) is 3.75. The predicted molar refractivity (Wildman–Crippen MR) is 122 cm³/mol. The monoisotopic (exact) mass is 451 g/mol. The number of benzene rings is 2. The maximum Gasteiger partial charge on any atom is 0.231 e. The van der Waals surface area contributed by atoms with Crippen molar-refractivity contribution in [1.29, 1.82) is 5.26 Å². The molecule has 0 radical (unpaired) electrons. The van der Waals surface area contributed by atoms with E-state index in [1.165, 1.54) is 11.8 Å². The van der Waals surface area contributed by atoms with Crippen LogP contribution in [-0.2, 0) is 4.79 Å². The number of hydrogen-bond donors (Lipinski definition) is 1. The third kappa shape index (κ3) is 4.76. The number of nitriles is 1. The third-order valence-corrected chi connectivity index (χ3v) is 6.59. The van der Waals surface area contributed by atoms with Crippen LogP contribution in [0.3, 0.4) is 0 Å². The van der Waals surface area contributed by atoms with E-state index in [9.17, 15) is 10.1 Å². The number of carbonyl (C=O) groups excluding carboxylic acids is 1. The van der Waals surface area contributed by atoms with Crippen LogP contribution < -0.4 is 5.32 Å². The number of amides is 1. The van der Waals surface area contributed by atoms with Gasteiger partial charge >= 0.3 is 0 Å². The van der Waals surface area contributed by atoms with Crippen LogP contribution in [0.4, 0.5) is 0 Å². The number of aryl methyl sites for hydroxylation is 1. The highest BCUT2D eigenvalue weighted by Crippen LogP contribution is 2.31. The molecular weight excluding hydrogens is 430 g/mol. The number of nitrogens with zero attached hydrogens (tertiary/aromatic N) is 4. The molecule has 0 bridgehead atoms. The van der Waals surface area contributed by atoms with Crippen molar-refractivity contribution in [3.63, 3.8) is 0 Å². The molecule has 31 heavy (non-hydrogen) atoms. The van der Waals surface area contributed by atoms with E-state index < -0.39 is 5.54 Å². The van der Waals surface area contributed by atoms with Gasteiger partial charge in [0.25, 0.3) is 0 Å². The van der Waals surface area contributed by atoms with Crippen molar-refractivity contribution in [3.8, 4) is 23.1 Å². The molecule has 1 aliphatic carbocycles. The van der Waals surface area contributed by atoms with Gasteiger partial charge < -0.3 is 5.32 Å². The summed E-state index contributed by atoms with van der Waals surface area (Å²) in [7, 11) is 0. The summed E-state index contributed by atoms with van der Waals surface area (Å²) in [5.41, 5.74) is 2.22. The number of thioether (sulfide) groups is 1. The second kappa shape index (κ2) is 9.13. The predicted octanol–water partition coefficient (Wildman–Crippen LogP) is 4.94. The van der Waals surface area contributed by atoms with Crippen LogP contribution >= 0.6 is 23.4 Å². The number of aromatic nitrogens is 3. The standard InChI is InChI=1S/C23H22ClN5OS/c1-16-4-6-17(7-5-16)21-27-28-22(29(21)19-10-8-18(24)9-11-19)31-14-20(30)26-23(15-25)12-2-3-13-23/h4-11H,2-3,12-14H2,1H3,(H,26,30). The molecule has 0 aliphatic heterocycles. The molecule has 1 heterocycles. The van der Waals surface area contributed by atoms with Crippen LogP contribution in [0.5, 0.6) is 0 Å². The van der Waals surface area contributed by atoms with Crippen molar-refractivity contribution in [2.24, 2.45) is 0 Å². The van der Waals surface area contributed by atoms with Crippen LogP contribution in [-0.4, -0.2) is 32.0 Å².